The average Bonchev–Trinajstić information content (AvgIpc) is 2.37. The van der Waals surface area contributed by atoms with Crippen molar-refractivity contribution in [2.75, 3.05) is 24.7 Å². The van der Waals surface area contributed by atoms with Gasteiger partial charge < -0.3 is 11.1 Å². The summed E-state index contributed by atoms with van der Waals surface area (Å²) in [6, 6.07) is 3.36. The van der Waals surface area contributed by atoms with Crippen molar-refractivity contribution in [3.8, 4) is 0 Å². The maximum Gasteiger partial charge on any atom is 0.417 e. The van der Waals surface area contributed by atoms with E-state index in [1.54, 1.807) is 0 Å². The lowest BCUT2D eigenvalue weighted by molar-refractivity contribution is -0.137. The Balaban J connectivity index is 2.94. The fourth-order valence-corrected chi connectivity index (χ4v) is 2.29. The van der Waals surface area contributed by atoms with Crippen molar-refractivity contribution in [3.05, 3.63) is 29.3 Å². The van der Waals surface area contributed by atoms with Crippen molar-refractivity contribution >= 4 is 32.9 Å². The molecule has 118 valence electrons. The normalized spacial score (nSPS) is 12.2. The Bertz CT molecular complexity index is 630. The number of nitrogens with two attached hydrogens (primary N) is 1. The second kappa shape index (κ2) is 6.58. The zero-order valence-electron chi connectivity index (χ0n) is 11.0. The smallest absolute Gasteiger partial charge is 0.389 e. The van der Waals surface area contributed by atoms with Gasteiger partial charge in [-0.1, -0.05) is 12.2 Å². The number of nitrogens with one attached hydrogen (secondary N) is 2. The zero-order chi connectivity index (χ0) is 16.3. The summed E-state index contributed by atoms with van der Waals surface area (Å²) in [6.07, 6.45) is -4.60. The quantitative estimate of drug-likeness (QED) is 0.679. The predicted molar refractivity (Wildman–Crippen MR) is 78.7 cm³/mol. The minimum Gasteiger partial charge on any atom is -0.389 e. The minimum atomic E-state index is -4.60. The van der Waals surface area contributed by atoms with E-state index in [-0.39, 0.29) is 28.5 Å². The van der Waals surface area contributed by atoms with Crippen LogP contribution in [0.15, 0.2) is 18.2 Å². The number of halogens is 3. The van der Waals surface area contributed by atoms with Crippen molar-refractivity contribution in [2.24, 2.45) is 5.73 Å². The van der Waals surface area contributed by atoms with Crippen LogP contribution in [0.5, 0.6) is 0 Å². The van der Waals surface area contributed by atoms with Crippen LogP contribution < -0.4 is 15.8 Å². The highest BCUT2D eigenvalue weighted by Gasteiger charge is 2.34. The number of hydrogen-bond donors (Lipinski definition) is 3. The standard InChI is InChI=1S/C11H14F3N3O2S2/c1-16-21(18,19)5-4-17-7-2-3-8(10(15)20)9(6-7)11(12,13)14/h2-3,6,16-17H,4-5H2,1H3,(H2,15,20). The largest absolute Gasteiger partial charge is 0.417 e. The van der Waals surface area contributed by atoms with Crippen LogP contribution in [-0.4, -0.2) is 32.8 Å². The molecule has 0 heterocycles. The predicted octanol–water partition coefficient (Wildman–Crippen LogP) is 1.30. The number of alkyl halides is 3. The first-order valence-electron chi connectivity index (χ1n) is 5.73. The first kappa shape index (κ1) is 17.7. The van der Waals surface area contributed by atoms with E-state index in [2.05, 4.69) is 22.3 Å². The molecule has 0 aliphatic heterocycles. The molecule has 0 atom stereocenters. The van der Waals surface area contributed by atoms with Crippen LogP contribution in [0.3, 0.4) is 0 Å². The van der Waals surface area contributed by atoms with Gasteiger partial charge in [0.2, 0.25) is 10.0 Å². The molecule has 0 aromatic heterocycles. The van der Waals surface area contributed by atoms with Crippen LogP contribution >= 0.6 is 12.2 Å². The molecule has 0 saturated carbocycles. The van der Waals surface area contributed by atoms with Gasteiger partial charge in [-0.05, 0) is 25.2 Å². The lowest BCUT2D eigenvalue weighted by Crippen LogP contribution is -2.26. The molecule has 4 N–H and O–H groups in total. The van der Waals surface area contributed by atoms with E-state index < -0.39 is 21.8 Å². The molecule has 1 aromatic rings. The Kier molecular flexibility index (Phi) is 5.54. The molecular formula is C11H14F3N3O2S2. The molecule has 0 fully saturated rings. The molecular weight excluding hydrogens is 327 g/mol. The Morgan fingerprint density at radius 3 is 2.48 bits per heavy atom. The molecule has 0 aliphatic carbocycles. The maximum absolute atomic E-state index is 12.9. The van der Waals surface area contributed by atoms with Crippen LogP contribution in [0, 0.1) is 0 Å². The monoisotopic (exact) mass is 341 g/mol. The number of anilines is 1. The third kappa shape index (κ3) is 5.14. The van der Waals surface area contributed by atoms with E-state index in [1.807, 2.05) is 0 Å². The van der Waals surface area contributed by atoms with Crippen LogP contribution in [0.2, 0.25) is 0 Å². The molecule has 0 saturated heterocycles. The first-order valence-corrected chi connectivity index (χ1v) is 7.79. The highest BCUT2D eigenvalue weighted by molar-refractivity contribution is 7.89. The Morgan fingerprint density at radius 1 is 1.38 bits per heavy atom. The SMILES string of the molecule is CNS(=O)(=O)CCNc1ccc(C(N)=S)c(C(F)(F)F)c1. The van der Waals surface area contributed by atoms with Crippen molar-refractivity contribution in [2.45, 2.75) is 6.18 Å². The highest BCUT2D eigenvalue weighted by Crippen LogP contribution is 2.33. The summed E-state index contributed by atoms with van der Waals surface area (Å²) >= 11 is 4.58. The number of rotatable bonds is 6. The molecule has 1 aromatic carbocycles. The molecule has 5 nitrogen and oxygen atoms in total. The van der Waals surface area contributed by atoms with Gasteiger partial charge in [0.25, 0.3) is 0 Å². The van der Waals surface area contributed by atoms with Gasteiger partial charge in [0.15, 0.2) is 0 Å². The average molecular weight is 341 g/mol. The summed E-state index contributed by atoms with van der Waals surface area (Å²) in [4.78, 5) is -0.355. The second-order valence-electron chi connectivity index (χ2n) is 4.07. The van der Waals surface area contributed by atoms with Crippen LogP contribution in [0.25, 0.3) is 0 Å². The van der Waals surface area contributed by atoms with Gasteiger partial charge >= 0.3 is 6.18 Å². The third-order valence-electron chi connectivity index (χ3n) is 2.60. The van der Waals surface area contributed by atoms with Crippen molar-refractivity contribution < 1.29 is 21.6 Å². The Morgan fingerprint density at radius 2 is 2.00 bits per heavy atom. The molecule has 10 heteroatoms. The van der Waals surface area contributed by atoms with Crippen LogP contribution in [0.4, 0.5) is 18.9 Å². The second-order valence-corrected chi connectivity index (χ2v) is 6.56. The van der Waals surface area contributed by atoms with Gasteiger partial charge in [0, 0.05) is 17.8 Å². The summed E-state index contributed by atoms with van der Waals surface area (Å²) in [6.45, 7) is -0.0348. The van der Waals surface area contributed by atoms with E-state index in [1.165, 1.54) is 13.1 Å². The molecule has 21 heavy (non-hydrogen) atoms. The van der Waals surface area contributed by atoms with Crippen molar-refractivity contribution in [1.82, 2.24) is 4.72 Å². The fourth-order valence-electron chi connectivity index (χ4n) is 1.54. The van der Waals surface area contributed by atoms with E-state index in [0.29, 0.717) is 0 Å². The number of benzene rings is 1. The van der Waals surface area contributed by atoms with E-state index in [4.69, 9.17) is 5.73 Å². The van der Waals surface area contributed by atoms with Crippen LogP contribution in [-0.2, 0) is 16.2 Å². The van der Waals surface area contributed by atoms with Gasteiger partial charge in [-0.3, -0.25) is 0 Å². The topological polar surface area (TPSA) is 84.2 Å². The van der Waals surface area contributed by atoms with Gasteiger partial charge in [0.1, 0.15) is 4.99 Å². The fraction of sp³-hybridized carbons (Fsp3) is 0.364. The summed E-state index contributed by atoms with van der Waals surface area (Å²) in [7, 11) is -2.17. The Labute approximate surface area is 125 Å². The van der Waals surface area contributed by atoms with Crippen molar-refractivity contribution in [1.29, 1.82) is 0 Å². The molecule has 0 amide bonds. The first-order chi connectivity index (χ1) is 9.57. The number of sulfonamides is 1. The molecule has 0 spiro atoms. The molecule has 0 aliphatic rings. The van der Waals surface area contributed by atoms with Gasteiger partial charge in [-0.2, -0.15) is 13.2 Å². The van der Waals surface area contributed by atoms with Gasteiger partial charge in [0.05, 0.1) is 11.3 Å². The van der Waals surface area contributed by atoms with Gasteiger partial charge in [-0.15, -0.1) is 0 Å². The molecule has 0 bridgehead atoms. The summed E-state index contributed by atoms with van der Waals surface area (Å²) < 4.78 is 63.2. The van der Waals surface area contributed by atoms with Crippen LogP contribution in [0.1, 0.15) is 11.1 Å². The number of hydrogen-bond acceptors (Lipinski definition) is 4. The van der Waals surface area contributed by atoms with E-state index in [0.717, 1.165) is 12.1 Å². The maximum atomic E-state index is 12.9. The lowest BCUT2D eigenvalue weighted by Gasteiger charge is -2.14. The molecule has 0 radical (unpaired) electrons. The molecule has 0 unspecified atom stereocenters. The lowest BCUT2D eigenvalue weighted by atomic mass is 10.1. The minimum absolute atomic E-state index is 0.0348. The zero-order valence-corrected chi connectivity index (χ0v) is 12.6. The van der Waals surface area contributed by atoms with Crippen molar-refractivity contribution in [3.63, 3.8) is 0 Å². The van der Waals surface area contributed by atoms with E-state index in [9.17, 15) is 21.6 Å². The summed E-state index contributed by atoms with van der Waals surface area (Å²) in [5.74, 6) is -0.262. The summed E-state index contributed by atoms with van der Waals surface area (Å²) in [5.41, 5.74) is 4.16. The van der Waals surface area contributed by atoms with Gasteiger partial charge in [-0.25, -0.2) is 13.1 Å². The van der Waals surface area contributed by atoms with E-state index >= 15 is 0 Å². The molecule has 1 rings (SSSR count). The Hall–Kier alpha value is -1.39. The summed E-state index contributed by atoms with van der Waals surface area (Å²) in [5, 5.41) is 2.61. The highest BCUT2D eigenvalue weighted by atomic mass is 32.2. The number of thiocarbonyl (C=S) groups is 1. The third-order valence-corrected chi connectivity index (χ3v) is 4.18.